The number of allylic oxidation sites excluding steroid dienone is 1. The van der Waals surface area contributed by atoms with Crippen LogP contribution in [0.2, 0.25) is 0 Å². The summed E-state index contributed by atoms with van der Waals surface area (Å²) in [7, 11) is -1.20. The van der Waals surface area contributed by atoms with Gasteiger partial charge >= 0.3 is 10.2 Å². The summed E-state index contributed by atoms with van der Waals surface area (Å²) in [5.74, 6) is 0.0212. The zero-order valence-corrected chi connectivity index (χ0v) is 17.4. The molecular weight excluding hydrogens is 396 g/mol. The summed E-state index contributed by atoms with van der Waals surface area (Å²) in [6.07, 6.45) is 2.24. The van der Waals surface area contributed by atoms with E-state index < -0.39 is 16.1 Å². The van der Waals surface area contributed by atoms with Crippen molar-refractivity contribution in [2.24, 2.45) is 4.40 Å². The molecule has 1 amide bonds. The predicted molar refractivity (Wildman–Crippen MR) is 109 cm³/mol. The van der Waals surface area contributed by atoms with Gasteiger partial charge in [0, 0.05) is 32.2 Å². The summed E-state index contributed by atoms with van der Waals surface area (Å²) < 4.78 is 40.3. The highest BCUT2D eigenvalue weighted by atomic mass is 32.2. The Morgan fingerprint density at radius 1 is 1.28 bits per heavy atom. The average molecular weight is 423 g/mol. The first-order chi connectivity index (χ1) is 13.9. The lowest BCUT2D eigenvalue weighted by molar-refractivity contribution is -0.118. The third-order valence-electron chi connectivity index (χ3n) is 4.83. The molecule has 0 atom stereocenters. The van der Waals surface area contributed by atoms with E-state index in [1.54, 1.807) is 24.3 Å². The second-order valence-corrected chi connectivity index (χ2v) is 8.34. The number of benzene rings is 1. The van der Waals surface area contributed by atoms with Crippen LogP contribution < -0.4 is 10.1 Å². The smallest absolute Gasteiger partial charge is 0.345 e. The first-order valence-corrected chi connectivity index (χ1v) is 10.8. The number of rotatable bonds is 7. The molecule has 0 spiro atoms. The number of likely N-dealkylation sites (N-methyl/N-ethyl adjacent to an activating group) is 1. The van der Waals surface area contributed by atoms with Crippen molar-refractivity contribution in [3.05, 3.63) is 41.6 Å². The molecule has 0 radical (unpaired) electrons. The van der Waals surface area contributed by atoms with Crippen molar-refractivity contribution in [3.8, 4) is 5.75 Å². The standard InChI is InChI=1S/C19H26N4O5S/c1-22-17(19(24)20-8-5-9-23-10-12-28-13-11-23)14-16(21-29(22,25)26)15-6-3-4-7-18(15)27-2/h3-4,6-7,14H,5,8-13H2,1-2H3,(H,20,24). The molecule has 9 nitrogen and oxygen atoms in total. The highest BCUT2D eigenvalue weighted by Crippen LogP contribution is 2.25. The molecule has 0 unspecified atom stereocenters. The van der Waals surface area contributed by atoms with Crippen molar-refractivity contribution in [2.45, 2.75) is 6.42 Å². The van der Waals surface area contributed by atoms with Gasteiger partial charge < -0.3 is 14.8 Å². The summed E-state index contributed by atoms with van der Waals surface area (Å²) in [6, 6.07) is 6.94. The molecule has 158 valence electrons. The Bertz CT molecular complexity index is 907. The van der Waals surface area contributed by atoms with E-state index >= 15 is 0 Å². The number of hydrogen-bond donors (Lipinski definition) is 1. The fraction of sp³-hybridized carbons (Fsp3) is 0.474. The summed E-state index contributed by atoms with van der Waals surface area (Å²) >= 11 is 0. The second kappa shape index (κ2) is 9.38. The zero-order valence-electron chi connectivity index (χ0n) is 16.6. The van der Waals surface area contributed by atoms with Gasteiger partial charge in [-0.15, -0.1) is 4.40 Å². The number of hydrogen-bond acceptors (Lipinski definition) is 6. The fourth-order valence-corrected chi connectivity index (χ4v) is 4.07. The highest BCUT2D eigenvalue weighted by Gasteiger charge is 2.30. The molecule has 1 N–H and O–H groups in total. The van der Waals surface area contributed by atoms with Gasteiger partial charge in [-0.1, -0.05) is 12.1 Å². The van der Waals surface area contributed by atoms with E-state index in [0.717, 1.165) is 43.6 Å². The topological polar surface area (TPSA) is 101 Å². The van der Waals surface area contributed by atoms with Gasteiger partial charge in [-0.05, 0) is 31.2 Å². The van der Waals surface area contributed by atoms with E-state index in [-0.39, 0.29) is 11.4 Å². The lowest BCUT2D eigenvalue weighted by Gasteiger charge is -2.27. The number of morpholine rings is 1. The Morgan fingerprint density at radius 3 is 2.72 bits per heavy atom. The maximum atomic E-state index is 12.7. The van der Waals surface area contributed by atoms with Gasteiger partial charge in [0.25, 0.3) is 5.91 Å². The van der Waals surface area contributed by atoms with Crippen LogP contribution in [0.15, 0.2) is 40.4 Å². The lowest BCUT2D eigenvalue weighted by atomic mass is 10.1. The molecule has 0 saturated carbocycles. The van der Waals surface area contributed by atoms with Gasteiger partial charge in [0.05, 0.1) is 26.0 Å². The first kappa shape index (κ1) is 21.3. The number of nitrogens with one attached hydrogen (secondary N) is 1. The summed E-state index contributed by atoms with van der Waals surface area (Å²) in [6.45, 7) is 4.53. The van der Waals surface area contributed by atoms with E-state index in [4.69, 9.17) is 9.47 Å². The minimum Gasteiger partial charge on any atom is -0.496 e. The molecule has 10 heteroatoms. The molecule has 1 aromatic rings. The van der Waals surface area contributed by atoms with Crippen LogP contribution in [0.3, 0.4) is 0 Å². The second-order valence-electron chi connectivity index (χ2n) is 6.72. The molecule has 29 heavy (non-hydrogen) atoms. The van der Waals surface area contributed by atoms with E-state index in [1.807, 2.05) is 0 Å². The molecule has 3 rings (SSSR count). The van der Waals surface area contributed by atoms with Gasteiger partial charge in [-0.25, -0.2) is 4.31 Å². The van der Waals surface area contributed by atoms with Crippen molar-refractivity contribution in [3.63, 3.8) is 0 Å². The molecule has 0 aromatic heterocycles. The molecule has 1 aromatic carbocycles. The van der Waals surface area contributed by atoms with Gasteiger partial charge in [0.15, 0.2) is 0 Å². The number of carbonyl (C=O) groups excluding carboxylic acids is 1. The minimum atomic E-state index is -4.01. The average Bonchev–Trinajstić information content (AvgIpc) is 2.73. The fourth-order valence-electron chi connectivity index (χ4n) is 3.17. The van der Waals surface area contributed by atoms with Crippen LogP contribution in [0.1, 0.15) is 12.0 Å². The maximum Gasteiger partial charge on any atom is 0.345 e. The van der Waals surface area contributed by atoms with Crippen molar-refractivity contribution < 1.29 is 22.7 Å². The van der Waals surface area contributed by atoms with E-state index in [1.165, 1.54) is 20.2 Å². The van der Waals surface area contributed by atoms with E-state index in [9.17, 15) is 13.2 Å². The normalized spacial score (nSPS) is 19.3. The largest absolute Gasteiger partial charge is 0.496 e. The van der Waals surface area contributed by atoms with Crippen LogP contribution in [0.4, 0.5) is 0 Å². The Kier molecular flexibility index (Phi) is 6.88. The number of methoxy groups -OCH3 is 1. The molecular formula is C19H26N4O5S. The van der Waals surface area contributed by atoms with Gasteiger partial charge in [0.2, 0.25) is 0 Å². The molecule has 2 heterocycles. The minimum absolute atomic E-state index is 0.0206. The van der Waals surface area contributed by atoms with E-state index in [0.29, 0.717) is 17.9 Å². The number of ether oxygens (including phenoxy) is 2. The molecule has 2 aliphatic rings. The number of nitrogens with zero attached hydrogens (tertiary/aromatic N) is 3. The zero-order chi connectivity index (χ0) is 20.9. The third kappa shape index (κ3) is 5.14. The maximum absolute atomic E-state index is 12.7. The Morgan fingerprint density at radius 2 is 2.00 bits per heavy atom. The van der Waals surface area contributed by atoms with Crippen molar-refractivity contribution in [1.29, 1.82) is 0 Å². The number of amides is 1. The lowest BCUT2D eigenvalue weighted by Crippen LogP contribution is -2.40. The number of para-hydroxylation sites is 1. The first-order valence-electron chi connectivity index (χ1n) is 9.44. The third-order valence-corrected chi connectivity index (χ3v) is 6.14. The predicted octanol–water partition coefficient (Wildman–Crippen LogP) is 0.397. The Hall–Kier alpha value is -2.43. The molecule has 0 aliphatic carbocycles. The van der Waals surface area contributed by atoms with Crippen LogP contribution >= 0.6 is 0 Å². The van der Waals surface area contributed by atoms with Gasteiger partial charge in [-0.2, -0.15) is 8.42 Å². The van der Waals surface area contributed by atoms with Crippen LogP contribution in [0.5, 0.6) is 5.75 Å². The highest BCUT2D eigenvalue weighted by molar-refractivity contribution is 7.88. The van der Waals surface area contributed by atoms with Crippen molar-refractivity contribution in [2.75, 3.05) is 53.6 Å². The summed E-state index contributed by atoms with van der Waals surface area (Å²) in [5.41, 5.74) is 0.690. The Labute approximate surface area is 171 Å². The Balaban J connectivity index is 1.70. The van der Waals surface area contributed by atoms with Crippen LogP contribution in [-0.4, -0.2) is 82.8 Å². The van der Waals surface area contributed by atoms with Crippen molar-refractivity contribution in [1.82, 2.24) is 14.5 Å². The van der Waals surface area contributed by atoms with Crippen LogP contribution in [0, 0.1) is 0 Å². The molecule has 0 bridgehead atoms. The van der Waals surface area contributed by atoms with Crippen LogP contribution in [-0.2, 0) is 19.7 Å². The summed E-state index contributed by atoms with van der Waals surface area (Å²) in [4.78, 5) is 14.9. The SMILES string of the molecule is COc1ccccc1C1=NS(=O)(=O)N(C)C(C(=O)NCCCN2CCOCC2)=C1. The molecule has 1 saturated heterocycles. The van der Waals surface area contributed by atoms with Gasteiger partial charge in [0.1, 0.15) is 11.4 Å². The molecule has 1 fully saturated rings. The molecule has 2 aliphatic heterocycles. The number of carbonyl (C=O) groups is 1. The summed E-state index contributed by atoms with van der Waals surface area (Å²) in [5, 5.41) is 2.80. The monoisotopic (exact) mass is 422 g/mol. The van der Waals surface area contributed by atoms with Crippen molar-refractivity contribution >= 4 is 21.8 Å². The van der Waals surface area contributed by atoms with Gasteiger partial charge in [-0.3, -0.25) is 9.69 Å². The van der Waals surface area contributed by atoms with E-state index in [2.05, 4.69) is 14.6 Å². The van der Waals surface area contributed by atoms with Crippen LogP contribution in [0.25, 0.3) is 0 Å². The quantitative estimate of drug-likeness (QED) is 0.639.